The molecule has 5 aliphatic rings. The van der Waals surface area contributed by atoms with E-state index in [1.807, 2.05) is 4.90 Å². The van der Waals surface area contributed by atoms with Crippen molar-refractivity contribution < 1.29 is 37.0 Å². The Labute approximate surface area is 230 Å². The second kappa shape index (κ2) is 12.3. The molecule has 2 N–H and O–H groups in total. The molecule has 0 aromatic rings. The second-order valence-electron chi connectivity index (χ2n) is 11.2. The molecule has 0 aromatic carbocycles. The van der Waals surface area contributed by atoms with Crippen LogP contribution in [0.2, 0.25) is 0 Å². The molecule has 0 spiro atoms. The van der Waals surface area contributed by atoms with Crippen molar-refractivity contribution >= 4 is 29.3 Å². The smallest absolute Gasteiger partial charge is 0.345 e. The normalized spacial score (nSPS) is 37.7. The van der Waals surface area contributed by atoms with E-state index in [4.69, 9.17) is 21.1 Å². The Hall–Kier alpha value is -1.89. The molecule has 4 fully saturated rings. The average Bonchev–Trinajstić information content (AvgIpc) is 3.36. The molecular formula is C26H36ClF3N4O5. The fourth-order valence-electron chi connectivity index (χ4n) is 7.00. The van der Waals surface area contributed by atoms with Crippen molar-refractivity contribution in [3.8, 4) is 0 Å². The van der Waals surface area contributed by atoms with Gasteiger partial charge in [-0.1, -0.05) is 0 Å². The van der Waals surface area contributed by atoms with E-state index in [-0.39, 0.29) is 29.9 Å². The molecule has 3 heterocycles. The number of alkyl halides is 4. The maximum Gasteiger partial charge on any atom is 0.345 e. The molecule has 2 saturated heterocycles. The number of carbonyl (C=O) groups is 3. The van der Waals surface area contributed by atoms with Gasteiger partial charge in [0, 0.05) is 61.2 Å². The van der Waals surface area contributed by atoms with E-state index >= 15 is 0 Å². The summed E-state index contributed by atoms with van der Waals surface area (Å²) in [5, 5.41) is 5.15. The summed E-state index contributed by atoms with van der Waals surface area (Å²) in [6.07, 6.45) is 1.77. The third-order valence-corrected chi connectivity index (χ3v) is 9.12. The van der Waals surface area contributed by atoms with Crippen molar-refractivity contribution in [1.29, 1.82) is 0 Å². The number of nitrogens with one attached hydrogen (secondary N) is 2. The number of ether oxygens (including phenoxy) is 2. The molecule has 13 heteroatoms. The number of hydrogen-bond donors (Lipinski definition) is 2. The summed E-state index contributed by atoms with van der Waals surface area (Å²) in [4.78, 5) is 42.6. The van der Waals surface area contributed by atoms with Crippen molar-refractivity contribution in [1.82, 2.24) is 20.4 Å². The van der Waals surface area contributed by atoms with Crippen LogP contribution >= 0.6 is 11.6 Å². The predicted molar refractivity (Wildman–Crippen MR) is 135 cm³/mol. The van der Waals surface area contributed by atoms with Gasteiger partial charge < -0.3 is 25.0 Å². The molecule has 218 valence electrons. The van der Waals surface area contributed by atoms with Crippen molar-refractivity contribution in [2.75, 3.05) is 39.4 Å². The summed E-state index contributed by atoms with van der Waals surface area (Å²) < 4.78 is 51.7. The molecule has 0 bridgehead atoms. The van der Waals surface area contributed by atoms with Crippen LogP contribution in [0, 0.1) is 11.8 Å². The zero-order valence-corrected chi connectivity index (χ0v) is 22.5. The van der Waals surface area contributed by atoms with E-state index in [1.54, 1.807) is 4.90 Å². The predicted octanol–water partition coefficient (Wildman–Crippen LogP) is 1.59. The largest absolute Gasteiger partial charge is 0.378 e. The van der Waals surface area contributed by atoms with Crippen LogP contribution in [0.4, 0.5) is 13.2 Å². The quantitative estimate of drug-likeness (QED) is 0.466. The van der Waals surface area contributed by atoms with Gasteiger partial charge in [-0.2, -0.15) is 8.78 Å². The fraction of sp³-hybridized carbons (Fsp3) is 0.808. The molecular weight excluding hydrogens is 541 g/mol. The van der Waals surface area contributed by atoms with Crippen LogP contribution in [0.15, 0.2) is 11.6 Å². The topological polar surface area (TPSA) is 100 Å². The zero-order valence-electron chi connectivity index (χ0n) is 21.7. The molecule has 39 heavy (non-hydrogen) atoms. The number of carbonyl (C=O) groups excluding carboxylic acids is 3. The first-order chi connectivity index (χ1) is 18.7. The van der Waals surface area contributed by atoms with Crippen LogP contribution in [0.25, 0.3) is 0 Å². The van der Waals surface area contributed by atoms with Gasteiger partial charge in [0.25, 0.3) is 0 Å². The van der Waals surface area contributed by atoms with Crippen LogP contribution in [0.1, 0.15) is 38.5 Å². The highest BCUT2D eigenvalue weighted by Crippen LogP contribution is 2.38. The number of rotatable bonds is 6. The zero-order chi connectivity index (χ0) is 27.7. The fourth-order valence-corrected chi connectivity index (χ4v) is 7.37. The summed E-state index contributed by atoms with van der Waals surface area (Å²) in [5.74, 6) is -2.06. The minimum Gasteiger partial charge on any atom is -0.378 e. The van der Waals surface area contributed by atoms with Crippen molar-refractivity contribution in [3.63, 3.8) is 0 Å². The van der Waals surface area contributed by atoms with Crippen molar-refractivity contribution in [3.05, 3.63) is 11.6 Å². The van der Waals surface area contributed by atoms with Gasteiger partial charge in [0.15, 0.2) is 0 Å². The van der Waals surface area contributed by atoms with Gasteiger partial charge in [-0.05, 0) is 38.5 Å². The summed E-state index contributed by atoms with van der Waals surface area (Å²) in [6, 6.07) is -1.66. The van der Waals surface area contributed by atoms with E-state index in [2.05, 4.69) is 10.6 Å². The summed E-state index contributed by atoms with van der Waals surface area (Å²) in [5.41, 5.74) is 0.284. The standard InChI is InChI=1S/C26H36ClF3N4O5/c27-14-10-18(25(37)33-6-8-38-9-7-33)23(20(11-14)39-26(29)30)34-5-4-15(13-34)31-24(36)17-12-21(35)32-22-16(17)2-1-3-19(22)28/h12,14-16,18-20,22-23,26H,1-11,13H2,(H,31,36)(H,32,35)/t14?,15-,16?,18?,19?,20?,22?,23?/m1/s1. The first kappa shape index (κ1) is 28.6. The number of nitrogens with zero attached hydrogens (tertiary/aromatic N) is 2. The molecule has 7 unspecified atom stereocenters. The number of fused-ring (bicyclic) bond motifs is 1. The van der Waals surface area contributed by atoms with E-state index < -0.39 is 54.1 Å². The number of amides is 3. The Balaban J connectivity index is 1.29. The summed E-state index contributed by atoms with van der Waals surface area (Å²) >= 11 is 6.44. The third kappa shape index (κ3) is 6.39. The molecule has 0 radical (unpaired) electrons. The van der Waals surface area contributed by atoms with Crippen LogP contribution in [-0.2, 0) is 23.9 Å². The Morgan fingerprint density at radius 3 is 2.67 bits per heavy atom. The number of hydrogen-bond acceptors (Lipinski definition) is 6. The molecule has 3 aliphatic heterocycles. The Morgan fingerprint density at radius 2 is 1.92 bits per heavy atom. The molecule has 8 atom stereocenters. The molecule has 2 saturated carbocycles. The van der Waals surface area contributed by atoms with Crippen LogP contribution in [-0.4, -0.2) is 109 Å². The Kier molecular flexibility index (Phi) is 9.04. The van der Waals surface area contributed by atoms with E-state index in [0.29, 0.717) is 71.5 Å². The van der Waals surface area contributed by atoms with Crippen LogP contribution in [0.5, 0.6) is 0 Å². The van der Waals surface area contributed by atoms with Gasteiger partial charge in [0.05, 0.1) is 31.3 Å². The van der Waals surface area contributed by atoms with Gasteiger partial charge >= 0.3 is 6.61 Å². The van der Waals surface area contributed by atoms with Crippen LogP contribution in [0.3, 0.4) is 0 Å². The Morgan fingerprint density at radius 1 is 1.15 bits per heavy atom. The minimum atomic E-state index is -3.01. The number of likely N-dealkylation sites (tertiary alicyclic amines) is 1. The Bertz CT molecular complexity index is 966. The first-order valence-corrected chi connectivity index (χ1v) is 14.3. The maximum absolute atomic E-state index is 14.5. The van der Waals surface area contributed by atoms with Crippen molar-refractivity contribution in [2.24, 2.45) is 11.8 Å². The summed E-state index contributed by atoms with van der Waals surface area (Å²) in [7, 11) is 0. The van der Waals surface area contributed by atoms with E-state index in [1.165, 1.54) is 6.08 Å². The third-order valence-electron chi connectivity index (χ3n) is 8.76. The lowest BCUT2D eigenvalue weighted by atomic mass is 9.76. The average molecular weight is 577 g/mol. The maximum atomic E-state index is 14.5. The van der Waals surface area contributed by atoms with Crippen molar-refractivity contribution in [2.45, 2.75) is 80.9 Å². The molecule has 2 aliphatic carbocycles. The second-order valence-corrected chi connectivity index (χ2v) is 11.8. The number of morpholine rings is 1. The minimum absolute atomic E-state index is 0.147. The first-order valence-electron chi connectivity index (χ1n) is 13.9. The molecule has 0 aromatic heterocycles. The molecule has 9 nitrogen and oxygen atoms in total. The lowest BCUT2D eigenvalue weighted by Crippen LogP contribution is -2.59. The highest BCUT2D eigenvalue weighted by molar-refractivity contribution is 6.20. The highest BCUT2D eigenvalue weighted by atomic mass is 35.5. The van der Waals surface area contributed by atoms with Gasteiger partial charge in [0.1, 0.15) is 6.17 Å². The number of halogens is 4. The van der Waals surface area contributed by atoms with Gasteiger partial charge in [-0.25, -0.2) is 4.39 Å². The SMILES string of the molecule is O=C1C=C(C(=O)N[C@@H]2CCN(C3C(OC(F)F)CC(Cl)CC3C(=O)N3CCOCC3)C2)C2CCCC(F)C2N1. The van der Waals surface area contributed by atoms with Crippen LogP contribution < -0.4 is 10.6 Å². The lowest BCUT2D eigenvalue weighted by Gasteiger charge is -2.45. The molecule has 3 amide bonds. The van der Waals surface area contributed by atoms with Gasteiger partial charge in [-0.3, -0.25) is 19.3 Å². The summed E-state index contributed by atoms with van der Waals surface area (Å²) in [6.45, 7) is -0.515. The molecule has 5 rings (SSSR count). The monoisotopic (exact) mass is 576 g/mol. The van der Waals surface area contributed by atoms with E-state index in [9.17, 15) is 27.6 Å². The van der Waals surface area contributed by atoms with E-state index in [0.717, 1.165) is 0 Å². The lowest BCUT2D eigenvalue weighted by molar-refractivity contribution is -0.195. The highest BCUT2D eigenvalue weighted by Gasteiger charge is 2.49. The van der Waals surface area contributed by atoms with Gasteiger partial charge in [0.2, 0.25) is 17.7 Å². The van der Waals surface area contributed by atoms with Gasteiger partial charge in [-0.15, -0.1) is 11.6 Å².